The maximum Gasteiger partial charge on any atom is 0.305 e. The van der Waals surface area contributed by atoms with Crippen molar-refractivity contribution in [3.8, 4) is 0 Å². The number of unbranched alkanes of at least 4 members (excludes halogenated alkanes) is 5. The van der Waals surface area contributed by atoms with Crippen LogP contribution in [0.3, 0.4) is 0 Å². The van der Waals surface area contributed by atoms with Crippen LogP contribution in [0.25, 0.3) is 0 Å². The van der Waals surface area contributed by atoms with E-state index in [0.29, 0.717) is 87.7 Å². The van der Waals surface area contributed by atoms with E-state index in [0.717, 1.165) is 55.2 Å². The molecule has 0 aromatic heterocycles. The summed E-state index contributed by atoms with van der Waals surface area (Å²) in [7, 11) is 3.08. The van der Waals surface area contributed by atoms with E-state index in [9.17, 15) is 47.9 Å². The lowest BCUT2D eigenvalue weighted by Gasteiger charge is -2.33. The number of likely N-dealkylation sites (N-methyl/N-ethyl adjacent to an activating group) is 1. The minimum Gasteiger partial charge on any atom is -0.504 e. The van der Waals surface area contributed by atoms with Crippen LogP contribution >= 0.6 is 0 Å². The van der Waals surface area contributed by atoms with Crippen molar-refractivity contribution in [3.63, 3.8) is 0 Å². The number of benzene rings is 2. The SMILES string of the molecule is C/C=C\C(=C(\C)C(C)/C(=C\CC)C(=O)N(C(C)=O)c1ccc(CCOC=O)cc1)C(C)(C)C1=CCCC=C1.C/C=C\C(=O)N(C=O)CCCCCC.CC.C\C=C/C(C(=O)N(C)c1ccc(CCOC(=O)CCCCCN2C(=O)C=CC2=O)cc1)=C(C=O)\C=C\OC. The molecule has 2 aromatic rings. The number of carbonyl (C=O) groups excluding carboxylic acids is 10. The van der Waals surface area contributed by atoms with E-state index in [1.54, 1.807) is 63.4 Å². The molecule has 1 aliphatic carbocycles. The lowest BCUT2D eigenvalue weighted by Crippen LogP contribution is -2.38. The molecule has 500 valence electrons. The van der Waals surface area contributed by atoms with Gasteiger partial charge in [-0.2, -0.15) is 0 Å². The van der Waals surface area contributed by atoms with Crippen molar-refractivity contribution < 1.29 is 62.2 Å². The number of aldehydes is 1. The Bertz CT molecular complexity index is 3020. The number of imide groups is 3. The normalized spacial score (nSPS) is 13.8. The predicted molar refractivity (Wildman–Crippen MR) is 367 cm³/mol. The van der Waals surface area contributed by atoms with E-state index in [2.05, 4.69) is 58.1 Å². The van der Waals surface area contributed by atoms with Gasteiger partial charge in [-0.25, -0.2) is 4.90 Å². The Hall–Kier alpha value is -8.86. The van der Waals surface area contributed by atoms with Crippen LogP contribution in [-0.2, 0) is 75.0 Å². The first-order valence-corrected chi connectivity index (χ1v) is 32.0. The summed E-state index contributed by atoms with van der Waals surface area (Å²) in [5.41, 5.74) is 7.44. The van der Waals surface area contributed by atoms with Crippen molar-refractivity contribution in [2.45, 2.75) is 167 Å². The smallest absolute Gasteiger partial charge is 0.305 e. The Kier molecular flexibility index (Phi) is 40.8. The monoisotopic (exact) mass is 1270 g/mol. The highest BCUT2D eigenvalue weighted by Crippen LogP contribution is 2.42. The first-order chi connectivity index (χ1) is 44.2. The van der Waals surface area contributed by atoms with Crippen molar-refractivity contribution in [3.05, 3.63) is 178 Å². The van der Waals surface area contributed by atoms with Crippen LogP contribution in [0.15, 0.2) is 167 Å². The van der Waals surface area contributed by atoms with Crippen molar-refractivity contribution in [2.24, 2.45) is 11.3 Å². The fraction of sp³-hybridized carbons (Fsp3) is 0.440. The first kappa shape index (κ1) is 81.2. The van der Waals surface area contributed by atoms with E-state index in [1.807, 2.05) is 65.0 Å². The second kappa shape index (κ2) is 46.2. The average molecular weight is 1270 g/mol. The number of anilines is 2. The van der Waals surface area contributed by atoms with Crippen molar-refractivity contribution in [1.29, 1.82) is 0 Å². The molecule has 1 atom stereocenters. The number of allylic oxidation sites excluding steroid dienone is 13. The van der Waals surface area contributed by atoms with Gasteiger partial charge in [-0.1, -0.05) is 159 Å². The highest BCUT2D eigenvalue weighted by atomic mass is 16.5. The Morgan fingerprint density at radius 2 is 1.32 bits per heavy atom. The highest BCUT2D eigenvalue weighted by molar-refractivity contribution is 6.20. The molecule has 17 heteroatoms. The second-order valence-corrected chi connectivity index (χ2v) is 21.9. The zero-order valence-electron chi connectivity index (χ0n) is 57.1. The average Bonchev–Trinajstić information content (AvgIpc) is 2.08. The van der Waals surface area contributed by atoms with E-state index in [-0.39, 0.29) is 83.5 Å². The maximum atomic E-state index is 14.0. The van der Waals surface area contributed by atoms with Gasteiger partial charge in [-0.15, -0.1) is 0 Å². The van der Waals surface area contributed by atoms with Gasteiger partial charge in [0.05, 0.1) is 37.8 Å². The van der Waals surface area contributed by atoms with Gasteiger partial charge < -0.3 is 19.1 Å². The molecule has 0 N–H and O–H groups in total. The van der Waals surface area contributed by atoms with Crippen LogP contribution < -0.4 is 9.80 Å². The molecule has 0 saturated heterocycles. The summed E-state index contributed by atoms with van der Waals surface area (Å²) in [4.78, 5) is 124. The van der Waals surface area contributed by atoms with Crippen molar-refractivity contribution in [1.82, 2.24) is 9.80 Å². The third kappa shape index (κ3) is 27.7. The van der Waals surface area contributed by atoms with Crippen LogP contribution in [0.2, 0.25) is 0 Å². The lowest BCUT2D eigenvalue weighted by atomic mass is 9.71. The Labute approximate surface area is 548 Å². The van der Waals surface area contributed by atoms with Gasteiger partial charge in [0.2, 0.25) is 12.3 Å². The van der Waals surface area contributed by atoms with Gasteiger partial charge in [0.25, 0.3) is 36.0 Å². The van der Waals surface area contributed by atoms with Gasteiger partial charge >= 0.3 is 5.97 Å². The molecular formula is C75H102N4O13. The molecule has 0 bridgehead atoms. The van der Waals surface area contributed by atoms with E-state index in [1.165, 1.54) is 75.3 Å². The van der Waals surface area contributed by atoms with Crippen LogP contribution in [0.1, 0.15) is 165 Å². The second-order valence-electron chi connectivity index (χ2n) is 21.9. The minimum absolute atomic E-state index is 0.192. The van der Waals surface area contributed by atoms with Gasteiger partial charge in [-0.3, -0.25) is 57.7 Å². The molecule has 2 aromatic carbocycles. The summed E-state index contributed by atoms with van der Waals surface area (Å²) in [6.45, 7) is 25.5. The molecule has 1 heterocycles. The summed E-state index contributed by atoms with van der Waals surface area (Å²) < 4.78 is 14.9. The Morgan fingerprint density at radius 3 is 1.84 bits per heavy atom. The number of esters is 1. The molecule has 92 heavy (non-hydrogen) atoms. The number of carbonyl (C=O) groups is 10. The van der Waals surface area contributed by atoms with Gasteiger partial charge in [0, 0.05) is 86.6 Å². The van der Waals surface area contributed by atoms with Crippen LogP contribution in [0.5, 0.6) is 0 Å². The summed E-state index contributed by atoms with van der Waals surface area (Å²) in [6, 6.07) is 14.5. The molecule has 4 rings (SSSR count). The van der Waals surface area contributed by atoms with E-state index in [4.69, 9.17) is 14.2 Å². The number of rotatable bonds is 34. The molecule has 0 spiro atoms. The first-order valence-electron chi connectivity index (χ1n) is 32.0. The number of methoxy groups -OCH3 is 1. The molecular weight excluding hydrogens is 1160 g/mol. The summed E-state index contributed by atoms with van der Waals surface area (Å²) in [6.07, 6.45) is 36.1. The number of amides is 7. The summed E-state index contributed by atoms with van der Waals surface area (Å²) in [5.74, 6) is -2.29. The molecule has 2 aliphatic rings. The number of hydrogen-bond acceptors (Lipinski definition) is 13. The third-order valence-electron chi connectivity index (χ3n) is 15.0. The molecule has 17 nitrogen and oxygen atoms in total. The fourth-order valence-corrected chi connectivity index (χ4v) is 9.84. The van der Waals surface area contributed by atoms with Gasteiger partial charge in [-0.05, 0) is 125 Å². The number of nitrogens with zero attached hydrogens (tertiary/aromatic N) is 4. The minimum atomic E-state index is -0.345. The fourth-order valence-electron chi connectivity index (χ4n) is 9.84. The van der Waals surface area contributed by atoms with Crippen molar-refractivity contribution >= 4 is 72.0 Å². The largest absolute Gasteiger partial charge is 0.504 e. The van der Waals surface area contributed by atoms with Crippen LogP contribution in [0.4, 0.5) is 11.4 Å². The van der Waals surface area contributed by atoms with Gasteiger partial charge in [0.15, 0.2) is 6.29 Å². The zero-order chi connectivity index (χ0) is 69.0. The molecule has 0 fully saturated rings. The third-order valence-corrected chi connectivity index (χ3v) is 15.0. The molecule has 0 saturated carbocycles. The Morgan fingerprint density at radius 1 is 0.717 bits per heavy atom. The van der Waals surface area contributed by atoms with E-state index >= 15 is 0 Å². The lowest BCUT2D eigenvalue weighted by molar-refractivity contribution is -0.144. The van der Waals surface area contributed by atoms with Gasteiger partial charge in [0.1, 0.15) is 0 Å². The number of hydrogen-bond donors (Lipinski definition) is 0. The van der Waals surface area contributed by atoms with Crippen LogP contribution in [0, 0.1) is 11.3 Å². The number of ether oxygens (including phenoxy) is 3. The molecule has 1 unspecified atom stereocenters. The zero-order valence-corrected chi connectivity index (χ0v) is 57.1. The summed E-state index contributed by atoms with van der Waals surface area (Å²) >= 11 is 0. The topological polar surface area (TPSA) is 211 Å². The quantitative estimate of drug-likeness (QED) is 0.0122. The molecule has 1 aliphatic heterocycles. The highest BCUT2D eigenvalue weighted by Gasteiger charge is 2.33. The molecule has 7 amide bonds. The Balaban J connectivity index is 0.000000746. The van der Waals surface area contributed by atoms with E-state index < -0.39 is 0 Å². The van der Waals surface area contributed by atoms with Crippen LogP contribution in [-0.4, -0.2) is 111 Å². The maximum absolute atomic E-state index is 14.0. The predicted octanol–water partition coefficient (Wildman–Crippen LogP) is 14.1. The van der Waals surface area contributed by atoms with Crippen molar-refractivity contribution in [2.75, 3.05) is 50.3 Å². The standard InChI is InChI=1S/C33H43NO4.C29H34N2O7.C11H19NO2.C2H6/c1-8-13-30(24(3)25(4)31(14-9-2)33(6,7)28-15-11-10-12-16-28)32(37)34(26(5)36)29-19-17-27(18-20-29)21-22-38-23-35;1-4-8-25(23(21-32)17-19-37-3)29(36)30(2)24-12-10-22(11-13-24)16-20-38-28(35)9-6-5-7-18-31-26(33)14-15-27(31)34;1-3-5-6-7-9-12(10-13)11(14)8-4-2;1-2/h9,11,13-20,23-24H,8,10,12,21-22H2,1-7H3;4,8,10-15,17,19,21H,5-7,9,16,18,20H2,1-3H3;4,8,10H,3,5-7,9H2,1-2H3;1-2H3/b14-9-,30-13+,31-25+;8-4-,19-17+,25-23-;8-4-;. The summed E-state index contributed by atoms with van der Waals surface area (Å²) in [5, 5.41) is 0. The molecule has 0 radical (unpaired) electrons.